The lowest BCUT2D eigenvalue weighted by Crippen LogP contribution is -2.43. The summed E-state index contributed by atoms with van der Waals surface area (Å²) in [5.41, 5.74) is 2.02. The van der Waals surface area contributed by atoms with Crippen molar-refractivity contribution in [1.82, 2.24) is 20.9 Å². The van der Waals surface area contributed by atoms with Crippen LogP contribution in [0, 0.1) is 0 Å². The Morgan fingerprint density at radius 2 is 1.81 bits per heavy atom. The SMILES string of the molecule is O=C(CCCNC(=O)NC1CCCCC1)NCc1ccc(OCc2cccnc2)cc1. The molecular formula is C24H32N4O3. The molecule has 3 rings (SSSR count). The third-order valence-corrected chi connectivity index (χ3v) is 5.35. The summed E-state index contributed by atoms with van der Waals surface area (Å²) in [5.74, 6) is 0.753. The second kappa shape index (κ2) is 12.6. The van der Waals surface area contributed by atoms with Crippen molar-refractivity contribution in [2.24, 2.45) is 0 Å². The highest BCUT2D eigenvalue weighted by Crippen LogP contribution is 2.17. The van der Waals surface area contributed by atoms with E-state index < -0.39 is 0 Å². The number of ether oxygens (including phenoxy) is 1. The van der Waals surface area contributed by atoms with Crippen LogP contribution in [0.4, 0.5) is 4.79 Å². The first-order valence-electron chi connectivity index (χ1n) is 11.1. The van der Waals surface area contributed by atoms with E-state index in [2.05, 4.69) is 20.9 Å². The molecule has 166 valence electrons. The fraction of sp³-hybridized carbons (Fsp3) is 0.458. The quantitative estimate of drug-likeness (QED) is 0.507. The van der Waals surface area contributed by atoms with Crippen molar-refractivity contribution in [3.8, 4) is 5.75 Å². The average Bonchev–Trinajstić information content (AvgIpc) is 2.81. The van der Waals surface area contributed by atoms with Gasteiger partial charge in [-0.15, -0.1) is 0 Å². The number of carbonyl (C=O) groups excluding carboxylic acids is 2. The van der Waals surface area contributed by atoms with Crippen molar-refractivity contribution in [2.75, 3.05) is 6.54 Å². The summed E-state index contributed by atoms with van der Waals surface area (Å²) in [4.78, 5) is 28.0. The molecule has 2 aromatic rings. The first kappa shape index (κ1) is 22.6. The van der Waals surface area contributed by atoms with E-state index in [1.54, 1.807) is 12.4 Å². The van der Waals surface area contributed by atoms with Gasteiger partial charge < -0.3 is 20.7 Å². The Bertz CT molecular complexity index is 805. The van der Waals surface area contributed by atoms with Gasteiger partial charge in [-0.05, 0) is 43.0 Å². The minimum absolute atomic E-state index is 0.0219. The van der Waals surface area contributed by atoms with Crippen LogP contribution in [0.25, 0.3) is 0 Å². The summed E-state index contributed by atoms with van der Waals surface area (Å²) in [6.07, 6.45) is 10.3. The lowest BCUT2D eigenvalue weighted by molar-refractivity contribution is -0.121. The van der Waals surface area contributed by atoms with Gasteiger partial charge in [-0.3, -0.25) is 9.78 Å². The maximum atomic E-state index is 12.0. The van der Waals surface area contributed by atoms with E-state index >= 15 is 0 Å². The zero-order valence-electron chi connectivity index (χ0n) is 17.9. The number of benzene rings is 1. The number of amides is 3. The van der Waals surface area contributed by atoms with Crippen LogP contribution < -0.4 is 20.7 Å². The highest BCUT2D eigenvalue weighted by Gasteiger charge is 2.15. The van der Waals surface area contributed by atoms with Gasteiger partial charge in [0.2, 0.25) is 5.91 Å². The first-order chi connectivity index (χ1) is 15.2. The normalized spacial score (nSPS) is 13.9. The first-order valence-corrected chi connectivity index (χ1v) is 11.1. The molecule has 7 nitrogen and oxygen atoms in total. The summed E-state index contributed by atoms with van der Waals surface area (Å²) in [6.45, 7) is 1.43. The van der Waals surface area contributed by atoms with E-state index in [1.807, 2.05) is 36.4 Å². The van der Waals surface area contributed by atoms with E-state index in [-0.39, 0.29) is 11.9 Å². The summed E-state index contributed by atoms with van der Waals surface area (Å²) >= 11 is 0. The molecule has 1 aliphatic rings. The van der Waals surface area contributed by atoms with Gasteiger partial charge in [-0.2, -0.15) is 0 Å². The van der Waals surface area contributed by atoms with E-state index in [9.17, 15) is 9.59 Å². The van der Waals surface area contributed by atoms with Crippen molar-refractivity contribution >= 4 is 11.9 Å². The topological polar surface area (TPSA) is 92.4 Å². The lowest BCUT2D eigenvalue weighted by atomic mass is 9.96. The van der Waals surface area contributed by atoms with E-state index in [0.717, 1.165) is 29.7 Å². The van der Waals surface area contributed by atoms with Gasteiger partial charge in [-0.25, -0.2) is 4.79 Å². The smallest absolute Gasteiger partial charge is 0.315 e. The summed E-state index contributed by atoms with van der Waals surface area (Å²) in [6, 6.07) is 11.7. The number of aromatic nitrogens is 1. The third-order valence-electron chi connectivity index (χ3n) is 5.35. The van der Waals surface area contributed by atoms with Crippen molar-refractivity contribution in [1.29, 1.82) is 0 Å². The fourth-order valence-electron chi connectivity index (χ4n) is 3.58. The van der Waals surface area contributed by atoms with Gasteiger partial charge >= 0.3 is 6.03 Å². The Morgan fingerprint density at radius 1 is 1.00 bits per heavy atom. The van der Waals surface area contributed by atoms with Gasteiger partial charge in [0.05, 0.1) is 0 Å². The molecule has 0 spiro atoms. The van der Waals surface area contributed by atoms with E-state index in [4.69, 9.17) is 4.74 Å². The molecule has 1 aromatic carbocycles. The Hall–Kier alpha value is -3.09. The van der Waals surface area contributed by atoms with Gasteiger partial charge in [0.1, 0.15) is 12.4 Å². The molecule has 31 heavy (non-hydrogen) atoms. The maximum Gasteiger partial charge on any atom is 0.315 e. The Morgan fingerprint density at radius 3 is 2.55 bits per heavy atom. The predicted molar refractivity (Wildman–Crippen MR) is 119 cm³/mol. The molecule has 3 N–H and O–H groups in total. The molecule has 1 heterocycles. The average molecular weight is 425 g/mol. The number of rotatable bonds is 10. The summed E-state index contributed by atoms with van der Waals surface area (Å²) in [5, 5.41) is 8.77. The second-order valence-electron chi connectivity index (χ2n) is 7.91. The highest BCUT2D eigenvalue weighted by molar-refractivity contribution is 5.76. The molecule has 0 bridgehead atoms. The van der Waals surface area contributed by atoms with Crippen LogP contribution >= 0.6 is 0 Å². The van der Waals surface area contributed by atoms with Crippen molar-refractivity contribution < 1.29 is 14.3 Å². The molecular weight excluding hydrogens is 392 g/mol. The van der Waals surface area contributed by atoms with Crippen molar-refractivity contribution in [3.63, 3.8) is 0 Å². The number of pyridine rings is 1. The number of hydrogen-bond donors (Lipinski definition) is 3. The highest BCUT2D eigenvalue weighted by atomic mass is 16.5. The number of nitrogens with one attached hydrogen (secondary N) is 3. The van der Waals surface area contributed by atoms with Crippen LogP contribution in [0.2, 0.25) is 0 Å². The molecule has 0 radical (unpaired) electrons. The second-order valence-corrected chi connectivity index (χ2v) is 7.91. The zero-order chi connectivity index (χ0) is 21.7. The minimum atomic E-state index is -0.127. The molecule has 7 heteroatoms. The molecule has 0 saturated heterocycles. The molecule has 0 atom stereocenters. The fourth-order valence-corrected chi connectivity index (χ4v) is 3.58. The van der Waals surface area contributed by atoms with Crippen LogP contribution in [0.5, 0.6) is 5.75 Å². The Labute approximate surface area is 184 Å². The van der Waals surface area contributed by atoms with Gasteiger partial charge in [-0.1, -0.05) is 37.5 Å². The van der Waals surface area contributed by atoms with Gasteiger partial charge in [0.15, 0.2) is 0 Å². The van der Waals surface area contributed by atoms with Crippen molar-refractivity contribution in [2.45, 2.75) is 64.1 Å². The zero-order valence-corrected chi connectivity index (χ0v) is 17.9. The minimum Gasteiger partial charge on any atom is -0.489 e. The maximum absolute atomic E-state index is 12.0. The number of hydrogen-bond acceptors (Lipinski definition) is 4. The Kier molecular flexibility index (Phi) is 9.16. The molecule has 3 amide bonds. The molecule has 1 aromatic heterocycles. The summed E-state index contributed by atoms with van der Waals surface area (Å²) < 4.78 is 5.74. The van der Waals surface area contributed by atoms with E-state index in [0.29, 0.717) is 38.6 Å². The molecule has 1 saturated carbocycles. The number of nitrogens with zero attached hydrogens (tertiary/aromatic N) is 1. The van der Waals surface area contributed by atoms with Crippen LogP contribution in [0.3, 0.4) is 0 Å². The number of carbonyl (C=O) groups is 2. The van der Waals surface area contributed by atoms with Gasteiger partial charge in [0, 0.05) is 43.5 Å². The molecule has 1 fully saturated rings. The van der Waals surface area contributed by atoms with Crippen LogP contribution in [-0.2, 0) is 17.9 Å². The third kappa shape index (κ3) is 8.66. The van der Waals surface area contributed by atoms with Crippen LogP contribution in [-0.4, -0.2) is 29.5 Å². The largest absolute Gasteiger partial charge is 0.489 e. The molecule has 0 aliphatic heterocycles. The predicted octanol–water partition coefficient (Wildman–Crippen LogP) is 3.69. The monoisotopic (exact) mass is 424 g/mol. The van der Waals surface area contributed by atoms with E-state index in [1.165, 1.54) is 19.3 Å². The van der Waals surface area contributed by atoms with Gasteiger partial charge in [0.25, 0.3) is 0 Å². The number of urea groups is 1. The molecule has 0 unspecified atom stereocenters. The van der Waals surface area contributed by atoms with Crippen molar-refractivity contribution in [3.05, 3.63) is 59.9 Å². The van der Waals surface area contributed by atoms with Crippen LogP contribution in [0.15, 0.2) is 48.8 Å². The standard InChI is InChI=1S/C24H32N4O3/c29-23(9-5-15-26-24(30)28-21-7-2-1-3-8-21)27-17-19-10-12-22(13-11-19)31-18-20-6-4-14-25-16-20/h4,6,10-14,16,21H,1-3,5,7-9,15,17-18H2,(H,27,29)(H2,26,28,30). The summed E-state index contributed by atoms with van der Waals surface area (Å²) in [7, 11) is 0. The lowest BCUT2D eigenvalue weighted by Gasteiger charge is -2.22. The Balaban J connectivity index is 1.25. The molecule has 1 aliphatic carbocycles. The van der Waals surface area contributed by atoms with Crippen LogP contribution in [0.1, 0.15) is 56.1 Å².